The van der Waals surface area contributed by atoms with Gasteiger partial charge in [0, 0.05) is 28.7 Å². The zero-order chi connectivity index (χ0) is 14.5. The lowest BCUT2D eigenvalue weighted by molar-refractivity contribution is 0.677. The molecule has 0 aliphatic rings. The fraction of sp³-hybridized carbons (Fsp3) is 0.118. The van der Waals surface area contributed by atoms with Crippen molar-refractivity contribution in [3.63, 3.8) is 0 Å². The minimum absolute atomic E-state index is 0.0463. The molecule has 4 heteroatoms. The van der Waals surface area contributed by atoms with E-state index in [2.05, 4.69) is 53.5 Å². The molecule has 1 aromatic heterocycles. The zero-order valence-corrected chi connectivity index (χ0v) is 13.0. The Kier molecular flexibility index (Phi) is 4.63. The van der Waals surface area contributed by atoms with Gasteiger partial charge in [-0.15, -0.1) is 11.6 Å². The Bertz CT molecular complexity index is 666. The quantitative estimate of drug-likeness (QED) is 0.616. The standard InChI is InChI=1S/C17H15ClN2S/c18-17(12-20-11-10-19-13-20)14-6-8-16(9-7-14)21-15-4-2-1-3-5-15/h1-11,13,17H,12H2. The molecule has 0 radical (unpaired) electrons. The summed E-state index contributed by atoms with van der Waals surface area (Å²) in [5, 5.41) is -0.0463. The Morgan fingerprint density at radius 1 is 1.00 bits per heavy atom. The number of hydrogen-bond donors (Lipinski definition) is 0. The summed E-state index contributed by atoms with van der Waals surface area (Å²) in [6.45, 7) is 0.729. The molecule has 0 saturated carbocycles. The number of aromatic nitrogens is 2. The molecular weight excluding hydrogens is 300 g/mol. The van der Waals surface area contributed by atoms with Crippen LogP contribution in [0.4, 0.5) is 0 Å². The van der Waals surface area contributed by atoms with Crippen molar-refractivity contribution in [2.24, 2.45) is 0 Å². The Balaban J connectivity index is 1.66. The van der Waals surface area contributed by atoms with Gasteiger partial charge >= 0.3 is 0 Å². The number of benzene rings is 2. The SMILES string of the molecule is ClC(Cn1ccnc1)c1ccc(Sc2ccccc2)cc1. The van der Waals surface area contributed by atoms with Gasteiger partial charge in [-0.25, -0.2) is 4.98 Å². The monoisotopic (exact) mass is 314 g/mol. The highest BCUT2D eigenvalue weighted by molar-refractivity contribution is 7.99. The molecule has 3 rings (SSSR count). The van der Waals surface area contributed by atoms with E-state index in [4.69, 9.17) is 11.6 Å². The van der Waals surface area contributed by atoms with E-state index in [0.717, 1.165) is 12.1 Å². The topological polar surface area (TPSA) is 17.8 Å². The lowest BCUT2D eigenvalue weighted by Gasteiger charge is -2.11. The second-order valence-corrected chi connectivity index (χ2v) is 6.38. The lowest BCUT2D eigenvalue weighted by atomic mass is 10.1. The highest BCUT2D eigenvalue weighted by Crippen LogP contribution is 2.30. The predicted octanol–water partition coefficient (Wildman–Crippen LogP) is 5.01. The fourth-order valence-corrected chi connectivity index (χ4v) is 3.20. The van der Waals surface area contributed by atoms with Crippen LogP contribution in [0.15, 0.2) is 83.1 Å². The number of imidazole rings is 1. The van der Waals surface area contributed by atoms with Crippen LogP contribution in [0.1, 0.15) is 10.9 Å². The molecule has 0 fully saturated rings. The van der Waals surface area contributed by atoms with Crippen LogP contribution in [0.5, 0.6) is 0 Å². The molecule has 0 amide bonds. The fourth-order valence-electron chi connectivity index (χ4n) is 2.05. The maximum absolute atomic E-state index is 6.45. The van der Waals surface area contributed by atoms with Crippen LogP contribution in [0.25, 0.3) is 0 Å². The van der Waals surface area contributed by atoms with Crippen molar-refractivity contribution in [3.8, 4) is 0 Å². The van der Waals surface area contributed by atoms with Crippen molar-refractivity contribution in [2.75, 3.05) is 0 Å². The maximum atomic E-state index is 6.45. The first-order chi connectivity index (χ1) is 10.3. The molecule has 21 heavy (non-hydrogen) atoms. The Morgan fingerprint density at radius 2 is 1.71 bits per heavy atom. The van der Waals surface area contributed by atoms with Gasteiger partial charge in [0.05, 0.1) is 11.7 Å². The van der Waals surface area contributed by atoms with Crippen LogP contribution in [0.3, 0.4) is 0 Å². The predicted molar refractivity (Wildman–Crippen MR) is 87.8 cm³/mol. The summed E-state index contributed by atoms with van der Waals surface area (Å²) < 4.78 is 1.99. The van der Waals surface area contributed by atoms with Gasteiger partial charge in [-0.1, -0.05) is 42.1 Å². The van der Waals surface area contributed by atoms with E-state index in [9.17, 15) is 0 Å². The molecule has 0 bridgehead atoms. The van der Waals surface area contributed by atoms with E-state index in [1.165, 1.54) is 9.79 Å². The van der Waals surface area contributed by atoms with Crippen LogP contribution in [0.2, 0.25) is 0 Å². The number of rotatable bonds is 5. The van der Waals surface area contributed by atoms with Crippen LogP contribution in [-0.2, 0) is 6.54 Å². The molecule has 0 spiro atoms. The molecule has 1 atom stereocenters. The second kappa shape index (κ2) is 6.83. The molecule has 0 saturated heterocycles. The summed E-state index contributed by atoms with van der Waals surface area (Å²) in [6, 6.07) is 18.8. The molecule has 0 N–H and O–H groups in total. The van der Waals surface area contributed by atoms with Gasteiger partial charge in [0.25, 0.3) is 0 Å². The van der Waals surface area contributed by atoms with Crippen LogP contribution < -0.4 is 0 Å². The van der Waals surface area contributed by atoms with E-state index in [1.54, 1.807) is 24.3 Å². The highest BCUT2D eigenvalue weighted by Gasteiger charge is 2.08. The van der Waals surface area contributed by atoms with Crippen molar-refractivity contribution >= 4 is 23.4 Å². The molecule has 106 valence electrons. The van der Waals surface area contributed by atoms with Crippen molar-refractivity contribution < 1.29 is 0 Å². The first-order valence-corrected chi connectivity index (χ1v) is 7.99. The first-order valence-electron chi connectivity index (χ1n) is 6.74. The van der Waals surface area contributed by atoms with Crippen LogP contribution >= 0.6 is 23.4 Å². The Hall–Kier alpha value is -1.71. The summed E-state index contributed by atoms with van der Waals surface area (Å²) in [4.78, 5) is 6.49. The average molecular weight is 315 g/mol. The van der Waals surface area contributed by atoms with Gasteiger partial charge in [-0.05, 0) is 29.8 Å². The van der Waals surface area contributed by atoms with E-state index in [-0.39, 0.29) is 5.38 Å². The maximum Gasteiger partial charge on any atom is 0.0946 e. The number of nitrogens with zero attached hydrogens (tertiary/aromatic N) is 2. The number of halogens is 1. The summed E-state index contributed by atoms with van der Waals surface area (Å²) in [5.74, 6) is 0. The van der Waals surface area contributed by atoms with Crippen LogP contribution in [0, 0.1) is 0 Å². The molecule has 2 nitrogen and oxygen atoms in total. The minimum atomic E-state index is -0.0463. The molecule has 1 heterocycles. The third kappa shape index (κ3) is 3.90. The van der Waals surface area contributed by atoms with Gasteiger partial charge in [-0.2, -0.15) is 0 Å². The van der Waals surface area contributed by atoms with Crippen molar-refractivity contribution in [2.45, 2.75) is 21.7 Å². The Morgan fingerprint density at radius 3 is 2.38 bits per heavy atom. The Labute approximate surface area is 133 Å². The first kappa shape index (κ1) is 14.2. The van der Waals surface area contributed by atoms with Gasteiger partial charge in [-0.3, -0.25) is 0 Å². The molecule has 0 aliphatic carbocycles. The summed E-state index contributed by atoms with van der Waals surface area (Å²) in [5.41, 5.74) is 1.13. The van der Waals surface area contributed by atoms with Gasteiger partial charge < -0.3 is 4.57 Å². The van der Waals surface area contributed by atoms with Crippen molar-refractivity contribution in [1.82, 2.24) is 9.55 Å². The largest absolute Gasteiger partial charge is 0.336 e. The van der Waals surface area contributed by atoms with Gasteiger partial charge in [0.2, 0.25) is 0 Å². The minimum Gasteiger partial charge on any atom is -0.336 e. The summed E-state index contributed by atoms with van der Waals surface area (Å²) >= 11 is 8.21. The molecule has 3 aromatic rings. The zero-order valence-electron chi connectivity index (χ0n) is 11.4. The molecule has 1 unspecified atom stereocenters. The smallest absolute Gasteiger partial charge is 0.0946 e. The highest BCUT2D eigenvalue weighted by atomic mass is 35.5. The van der Waals surface area contributed by atoms with E-state index in [0.29, 0.717) is 0 Å². The lowest BCUT2D eigenvalue weighted by Crippen LogP contribution is -2.02. The van der Waals surface area contributed by atoms with Gasteiger partial charge in [0.1, 0.15) is 0 Å². The van der Waals surface area contributed by atoms with E-state index >= 15 is 0 Å². The van der Waals surface area contributed by atoms with Gasteiger partial charge in [0.15, 0.2) is 0 Å². The third-order valence-electron chi connectivity index (χ3n) is 3.15. The molecule has 2 aromatic carbocycles. The normalized spacial score (nSPS) is 12.2. The molecular formula is C17H15ClN2S. The van der Waals surface area contributed by atoms with Crippen molar-refractivity contribution in [1.29, 1.82) is 0 Å². The van der Waals surface area contributed by atoms with Crippen molar-refractivity contribution in [3.05, 3.63) is 78.9 Å². The van der Waals surface area contributed by atoms with E-state index < -0.39 is 0 Å². The summed E-state index contributed by atoms with van der Waals surface area (Å²) in [6.07, 6.45) is 5.48. The number of hydrogen-bond acceptors (Lipinski definition) is 2. The van der Waals surface area contributed by atoms with E-state index in [1.807, 2.05) is 16.8 Å². The number of alkyl halides is 1. The third-order valence-corrected chi connectivity index (χ3v) is 4.56. The summed E-state index contributed by atoms with van der Waals surface area (Å²) in [7, 11) is 0. The molecule has 0 aliphatic heterocycles. The van der Waals surface area contributed by atoms with Crippen LogP contribution in [-0.4, -0.2) is 9.55 Å². The average Bonchev–Trinajstić information content (AvgIpc) is 3.02. The second-order valence-electron chi connectivity index (χ2n) is 4.71.